The summed E-state index contributed by atoms with van der Waals surface area (Å²) in [5.74, 6) is 1.74. The van der Waals surface area contributed by atoms with Gasteiger partial charge in [-0.1, -0.05) is 30.9 Å². The number of carbonyl (C=O) groups is 1. The molecule has 35 heavy (non-hydrogen) atoms. The number of amides is 1. The first-order valence-corrected chi connectivity index (χ1v) is 12.7. The third kappa shape index (κ3) is 4.89. The van der Waals surface area contributed by atoms with E-state index in [1.165, 1.54) is 17.6 Å². The minimum Gasteiger partial charge on any atom is -0.367 e. The van der Waals surface area contributed by atoms with Gasteiger partial charge in [0.1, 0.15) is 12.0 Å². The number of hydrogen-bond acceptors (Lipinski definition) is 4. The second-order valence-electron chi connectivity index (χ2n) is 10.5. The summed E-state index contributed by atoms with van der Waals surface area (Å²) in [5.41, 5.74) is 7.80. The number of aliphatic imine (C=N–C) groups is 1. The first-order valence-electron chi connectivity index (χ1n) is 12.7. The number of benzene rings is 1. The van der Waals surface area contributed by atoms with Crippen molar-refractivity contribution in [2.45, 2.75) is 44.8 Å². The molecule has 2 N–H and O–H groups in total. The summed E-state index contributed by atoms with van der Waals surface area (Å²) in [6.45, 7) is 2.98. The Balaban J connectivity index is 1.07. The zero-order chi connectivity index (χ0) is 23.9. The lowest BCUT2D eigenvalue weighted by molar-refractivity contribution is -0.122. The van der Waals surface area contributed by atoms with Crippen LogP contribution in [-0.4, -0.2) is 35.8 Å². The van der Waals surface area contributed by atoms with Gasteiger partial charge in [0.15, 0.2) is 0 Å². The lowest BCUT2D eigenvalue weighted by Crippen LogP contribution is -2.47. The number of hydrogen-bond donors (Lipinski definition) is 2. The molecule has 0 radical (unpaired) electrons. The van der Waals surface area contributed by atoms with E-state index >= 15 is 0 Å². The van der Waals surface area contributed by atoms with Crippen molar-refractivity contribution in [1.82, 2.24) is 15.5 Å². The van der Waals surface area contributed by atoms with E-state index in [2.05, 4.69) is 40.5 Å². The van der Waals surface area contributed by atoms with Crippen LogP contribution in [0, 0.1) is 29.5 Å². The van der Waals surface area contributed by atoms with Gasteiger partial charge < -0.3 is 15.5 Å². The Bertz CT molecular complexity index is 1200. The molecule has 5 aliphatic rings. The second kappa shape index (κ2) is 9.01. The Morgan fingerprint density at radius 3 is 2.89 bits per heavy atom. The Hall–Kier alpha value is -3.37. The van der Waals surface area contributed by atoms with Crippen molar-refractivity contribution < 1.29 is 9.18 Å². The third-order valence-corrected chi connectivity index (χ3v) is 7.68. The van der Waals surface area contributed by atoms with Crippen LogP contribution in [0.15, 0.2) is 82.5 Å². The van der Waals surface area contributed by atoms with Crippen LogP contribution in [0.5, 0.6) is 0 Å². The number of halogens is 1. The SMILES string of the molecule is CC1C=C(CN2C=C=C3C=CNC(NC(=O)C4CC4)C3=C2)C=NC1C1CC1Cc1ccc(F)cc1. The monoisotopic (exact) mass is 470 g/mol. The van der Waals surface area contributed by atoms with E-state index in [9.17, 15) is 9.18 Å². The average Bonchev–Trinajstić information content (AvgIpc) is 3.77. The maximum Gasteiger partial charge on any atom is 0.224 e. The standard InChI is InChI=1S/C29H31FN4O/c1-18-12-20(15-32-27(18)25-14-23(25)13-19-2-6-24(30)7-3-19)16-34-11-9-21-8-10-31-28(26(21)17-34)33-29(35)22-4-5-22/h2-3,6-8,10-12,15,17-18,22-23,25,27-28,31H,4-5,13-14,16H2,1H3,(H,33,35). The summed E-state index contributed by atoms with van der Waals surface area (Å²) in [7, 11) is 0. The molecule has 5 nitrogen and oxygen atoms in total. The molecule has 180 valence electrons. The van der Waals surface area contributed by atoms with E-state index in [-0.39, 0.29) is 23.8 Å². The van der Waals surface area contributed by atoms with Crippen LogP contribution in [0.3, 0.4) is 0 Å². The number of allylic oxidation sites excluding steroid dienone is 1. The lowest BCUT2D eigenvalue weighted by atomic mass is 9.91. The average molecular weight is 471 g/mol. The molecule has 5 atom stereocenters. The molecule has 1 amide bonds. The normalized spacial score (nSPS) is 30.6. The van der Waals surface area contributed by atoms with E-state index in [1.54, 1.807) is 12.1 Å². The number of carbonyl (C=O) groups excluding carboxylic acids is 1. The summed E-state index contributed by atoms with van der Waals surface area (Å²) in [6.07, 6.45) is 16.3. The number of fused-ring (bicyclic) bond motifs is 1. The zero-order valence-corrected chi connectivity index (χ0v) is 20.0. The van der Waals surface area contributed by atoms with Gasteiger partial charge in [0.05, 0.1) is 6.04 Å². The number of nitrogens with one attached hydrogen (secondary N) is 2. The fourth-order valence-electron chi connectivity index (χ4n) is 5.48. The molecule has 6 heteroatoms. The van der Waals surface area contributed by atoms with Crippen molar-refractivity contribution in [3.63, 3.8) is 0 Å². The Labute approximate surface area is 205 Å². The summed E-state index contributed by atoms with van der Waals surface area (Å²) >= 11 is 0. The molecule has 2 saturated carbocycles. The van der Waals surface area contributed by atoms with Gasteiger partial charge in [-0.2, -0.15) is 0 Å². The van der Waals surface area contributed by atoms with Gasteiger partial charge >= 0.3 is 0 Å². The topological polar surface area (TPSA) is 56.7 Å². The maximum atomic E-state index is 13.2. The largest absolute Gasteiger partial charge is 0.367 e. The van der Waals surface area contributed by atoms with E-state index in [1.807, 2.05) is 36.8 Å². The maximum absolute atomic E-state index is 13.2. The smallest absolute Gasteiger partial charge is 0.224 e. The molecular weight excluding hydrogens is 439 g/mol. The van der Waals surface area contributed by atoms with E-state index in [0.29, 0.717) is 23.8 Å². The molecular formula is C29H31FN4O. The molecule has 1 aromatic rings. The minimum absolute atomic E-state index is 0.124. The quantitative estimate of drug-likeness (QED) is 0.587. The summed E-state index contributed by atoms with van der Waals surface area (Å²) in [6, 6.07) is 7.22. The lowest BCUT2D eigenvalue weighted by Gasteiger charge is -2.30. The van der Waals surface area contributed by atoms with Gasteiger partial charge in [-0.15, -0.1) is 0 Å². The number of nitrogens with zero attached hydrogens (tertiary/aromatic N) is 2. The molecule has 5 unspecified atom stereocenters. The van der Waals surface area contributed by atoms with Crippen molar-refractivity contribution in [1.29, 1.82) is 0 Å². The summed E-state index contributed by atoms with van der Waals surface area (Å²) < 4.78 is 13.2. The second-order valence-corrected chi connectivity index (χ2v) is 10.5. The Morgan fingerprint density at radius 1 is 1.29 bits per heavy atom. The Kier molecular flexibility index (Phi) is 5.69. The molecule has 3 aliphatic heterocycles. The van der Waals surface area contributed by atoms with Crippen molar-refractivity contribution in [3.05, 3.63) is 88.8 Å². The van der Waals surface area contributed by atoms with Crippen LogP contribution in [0.1, 0.15) is 31.7 Å². The Morgan fingerprint density at radius 2 is 2.11 bits per heavy atom. The summed E-state index contributed by atoms with van der Waals surface area (Å²) in [5, 5.41) is 6.40. The highest BCUT2D eigenvalue weighted by Crippen LogP contribution is 2.47. The van der Waals surface area contributed by atoms with Crippen molar-refractivity contribution in [3.8, 4) is 0 Å². The van der Waals surface area contributed by atoms with Crippen molar-refractivity contribution >= 4 is 12.1 Å². The predicted molar refractivity (Wildman–Crippen MR) is 135 cm³/mol. The molecule has 6 rings (SSSR count). The number of rotatable bonds is 7. The van der Waals surface area contributed by atoms with Gasteiger partial charge in [0.2, 0.25) is 5.91 Å². The fraction of sp³-hybridized carbons (Fsp3) is 0.414. The van der Waals surface area contributed by atoms with E-state index in [0.717, 1.165) is 37.0 Å². The van der Waals surface area contributed by atoms with Gasteiger partial charge in [-0.3, -0.25) is 9.79 Å². The molecule has 2 fully saturated rings. The molecule has 0 aromatic heterocycles. The van der Waals surface area contributed by atoms with Gasteiger partial charge in [-0.05, 0) is 79.0 Å². The van der Waals surface area contributed by atoms with E-state index in [4.69, 9.17) is 4.99 Å². The molecule has 0 spiro atoms. The van der Waals surface area contributed by atoms with Crippen LogP contribution < -0.4 is 10.6 Å². The zero-order valence-electron chi connectivity index (χ0n) is 20.0. The molecule has 3 heterocycles. The van der Waals surface area contributed by atoms with Crippen LogP contribution in [0.25, 0.3) is 0 Å². The van der Waals surface area contributed by atoms with E-state index < -0.39 is 0 Å². The molecule has 0 saturated heterocycles. The first-order chi connectivity index (χ1) is 17.0. The molecule has 1 aromatic carbocycles. The summed E-state index contributed by atoms with van der Waals surface area (Å²) in [4.78, 5) is 19.4. The molecule has 2 aliphatic carbocycles. The third-order valence-electron chi connectivity index (χ3n) is 7.68. The highest BCUT2D eigenvalue weighted by Gasteiger charge is 2.44. The minimum atomic E-state index is -0.225. The fourth-order valence-corrected chi connectivity index (χ4v) is 5.48. The van der Waals surface area contributed by atoms with Gasteiger partial charge in [0, 0.05) is 42.2 Å². The van der Waals surface area contributed by atoms with Gasteiger partial charge in [0.25, 0.3) is 0 Å². The predicted octanol–water partition coefficient (Wildman–Crippen LogP) is 4.23. The van der Waals surface area contributed by atoms with Crippen LogP contribution in [0.4, 0.5) is 4.39 Å². The van der Waals surface area contributed by atoms with Crippen molar-refractivity contribution in [2.24, 2.45) is 28.7 Å². The van der Waals surface area contributed by atoms with Crippen LogP contribution in [-0.2, 0) is 11.2 Å². The van der Waals surface area contributed by atoms with Crippen molar-refractivity contribution in [2.75, 3.05) is 6.54 Å². The highest BCUT2D eigenvalue weighted by atomic mass is 19.1. The van der Waals surface area contributed by atoms with Crippen LogP contribution in [0.2, 0.25) is 0 Å². The van der Waals surface area contributed by atoms with Gasteiger partial charge in [-0.25, -0.2) is 4.39 Å². The highest BCUT2D eigenvalue weighted by molar-refractivity contribution is 5.82. The number of dihydropyridines is 1. The molecule has 0 bridgehead atoms. The van der Waals surface area contributed by atoms with Crippen LogP contribution >= 0.6 is 0 Å². The first kappa shape index (κ1) is 22.1.